The lowest BCUT2D eigenvalue weighted by molar-refractivity contribution is 0.252. The topological polar surface area (TPSA) is 50.4 Å². The molecule has 0 spiro atoms. The van der Waals surface area contributed by atoms with Crippen LogP contribution in [-0.4, -0.2) is 19.7 Å². The van der Waals surface area contributed by atoms with E-state index in [4.69, 9.17) is 4.74 Å². The minimum atomic E-state index is -0.184. The molecule has 0 heterocycles. The number of aryl methyl sites for hydroxylation is 2. The molecular weight excluding hydrogens is 276 g/mol. The summed E-state index contributed by atoms with van der Waals surface area (Å²) in [5.41, 5.74) is 4.15. The molecule has 2 amide bonds. The second kappa shape index (κ2) is 7.50. The molecule has 0 atom stereocenters. The lowest BCUT2D eigenvalue weighted by Crippen LogP contribution is -2.30. The molecular formula is C18H22N2O2. The average molecular weight is 298 g/mol. The molecule has 2 aromatic rings. The number of methoxy groups -OCH3 is 1. The van der Waals surface area contributed by atoms with Crippen LogP contribution in [0.5, 0.6) is 5.75 Å². The summed E-state index contributed by atoms with van der Waals surface area (Å²) in [5, 5.41) is 5.76. The van der Waals surface area contributed by atoms with Crippen molar-refractivity contribution < 1.29 is 9.53 Å². The molecule has 4 heteroatoms. The maximum Gasteiger partial charge on any atom is 0.319 e. The monoisotopic (exact) mass is 298 g/mol. The van der Waals surface area contributed by atoms with E-state index in [1.165, 1.54) is 0 Å². The second-order valence-electron chi connectivity index (χ2n) is 5.30. The van der Waals surface area contributed by atoms with Crippen LogP contribution in [0.1, 0.15) is 16.7 Å². The summed E-state index contributed by atoms with van der Waals surface area (Å²) in [5.74, 6) is 0.831. The summed E-state index contributed by atoms with van der Waals surface area (Å²) >= 11 is 0. The predicted molar refractivity (Wildman–Crippen MR) is 89.6 cm³/mol. The molecule has 0 aliphatic rings. The van der Waals surface area contributed by atoms with Crippen molar-refractivity contribution in [2.45, 2.75) is 20.3 Å². The van der Waals surface area contributed by atoms with E-state index >= 15 is 0 Å². The number of amides is 2. The van der Waals surface area contributed by atoms with Crippen molar-refractivity contribution in [3.05, 3.63) is 59.2 Å². The number of nitrogens with one attached hydrogen (secondary N) is 2. The van der Waals surface area contributed by atoms with Gasteiger partial charge in [-0.3, -0.25) is 0 Å². The molecule has 116 valence electrons. The van der Waals surface area contributed by atoms with Crippen LogP contribution in [0.15, 0.2) is 42.5 Å². The number of carbonyl (C=O) groups excluding carboxylic acids is 1. The van der Waals surface area contributed by atoms with Crippen molar-refractivity contribution in [2.24, 2.45) is 0 Å². The molecule has 22 heavy (non-hydrogen) atoms. The van der Waals surface area contributed by atoms with E-state index in [2.05, 4.69) is 10.6 Å². The van der Waals surface area contributed by atoms with Crippen LogP contribution in [0.2, 0.25) is 0 Å². The number of ether oxygens (including phenoxy) is 1. The van der Waals surface area contributed by atoms with Crippen LogP contribution >= 0.6 is 0 Å². The van der Waals surface area contributed by atoms with E-state index in [1.54, 1.807) is 7.11 Å². The summed E-state index contributed by atoms with van der Waals surface area (Å²) in [7, 11) is 1.65. The fraction of sp³-hybridized carbons (Fsp3) is 0.278. The molecule has 4 nitrogen and oxygen atoms in total. The molecule has 0 aliphatic carbocycles. The van der Waals surface area contributed by atoms with Crippen molar-refractivity contribution in [3.8, 4) is 5.75 Å². The lowest BCUT2D eigenvalue weighted by Gasteiger charge is -2.11. The highest BCUT2D eigenvalue weighted by Crippen LogP contribution is 2.16. The number of anilines is 1. The van der Waals surface area contributed by atoms with Crippen molar-refractivity contribution in [1.29, 1.82) is 0 Å². The predicted octanol–water partition coefficient (Wildman–Crippen LogP) is 3.68. The van der Waals surface area contributed by atoms with Crippen molar-refractivity contribution in [3.63, 3.8) is 0 Å². The molecule has 0 saturated heterocycles. The van der Waals surface area contributed by atoms with Gasteiger partial charge in [0.1, 0.15) is 5.75 Å². The Kier molecular flexibility index (Phi) is 5.42. The maximum atomic E-state index is 11.9. The standard InChI is InChI=1S/C18H22N2O2/c1-13-7-8-14(2)17(11-13)20-18(21)19-10-9-15-5-4-6-16(12-15)22-3/h4-8,11-12H,9-10H2,1-3H3,(H2,19,20,21). The third kappa shape index (κ3) is 4.52. The van der Waals surface area contributed by atoms with Crippen LogP contribution < -0.4 is 15.4 Å². The van der Waals surface area contributed by atoms with Crippen LogP contribution in [0.25, 0.3) is 0 Å². The molecule has 2 N–H and O–H groups in total. The zero-order valence-corrected chi connectivity index (χ0v) is 13.3. The third-order valence-corrected chi connectivity index (χ3v) is 3.47. The molecule has 0 aliphatic heterocycles. The first-order valence-electron chi connectivity index (χ1n) is 7.33. The number of rotatable bonds is 5. The first-order valence-corrected chi connectivity index (χ1v) is 7.33. The van der Waals surface area contributed by atoms with Gasteiger partial charge in [0.25, 0.3) is 0 Å². The first kappa shape index (κ1) is 15.9. The van der Waals surface area contributed by atoms with Crippen LogP contribution in [0, 0.1) is 13.8 Å². The van der Waals surface area contributed by atoms with Gasteiger partial charge in [-0.2, -0.15) is 0 Å². The highest BCUT2D eigenvalue weighted by atomic mass is 16.5. The Morgan fingerprint density at radius 1 is 1.14 bits per heavy atom. The Hall–Kier alpha value is -2.49. The molecule has 2 rings (SSSR count). The summed E-state index contributed by atoms with van der Waals surface area (Å²) < 4.78 is 5.19. The van der Waals surface area contributed by atoms with Gasteiger partial charge in [-0.15, -0.1) is 0 Å². The zero-order chi connectivity index (χ0) is 15.9. The van der Waals surface area contributed by atoms with Crippen molar-refractivity contribution >= 4 is 11.7 Å². The third-order valence-electron chi connectivity index (χ3n) is 3.47. The molecule has 2 aromatic carbocycles. The van der Waals surface area contributed by atoms with Crippen LogP contribution in [-0.2, 0) is 6.42 Å². The van der Waals surface area contributed by atoms with Gasteiger partial charge in [-0.1, -0.05) is 24.3 Å². The minimum absolute atomic E-state index is 0.184. The fourth-order valence-corrected chi connectivity index (χ4v) is 2.19. The van der Waals surface area contributed by atoms with Gasteiger partial charge >= 0.3 is 6.03 Å². The number of hydrogen-bond donors (Lipinski definition) is 2. The SMILES string of the molecule is COc1cccc(CCNC(=O)Nc2cc(C)ccc2C)c1. The molecule has 0 bridgehead atoms. The van der Waals surface area contributed by atoms with Gasteiger partial charge < -0.3 is 15.4 Å². The summed E-state index contributed by atoms with van der Waals surface area (Å²) in [6, 6.07) is 13.7. The van der Waals surface area contributed by atoms with E-state index in [0.29, 0.717) is 6.54 Å². The Balaban J connectivity index is 1.84. The Labute approximate surface area is 131 Å². The maximum absolute atomic E-state index is 11.9. The van der Waals surface area contributed by atoms with Gasteiger partial charge in [0.05, 0.1) is 7.11 Å². The van der Waals surface area contributed by atoms with Crippen LogP contribution in [0.4, 0.5) is 10.5 Å². The first-order chi connectivity index (χ1) is 10.6. The molecule has 0 aromatic heterocycles. The lowest BCUT2D eigenvalue weighted by atomic mass is 10.1. The minimum Gasteiger partial charge on any atom is -0.497 e. The summed E-state index contributed by atoms with van der Waals surface area (Å²) in [6.07, 6.45) is 0.761. The summed E-state index contributed by atoms with van der Waals surface area (Å²) in [4.78, 5) is 11.9. The largest absolute Gasteiger partial charge is 0.497 e. The second-order valence-corrected chi connectivity index (χ2v) is 5.30. The number of hydrogen-bond acceptors (Lipinski definition) is 2. The molecule has 0 fully saturated rings. The van der Waals surface area contributed by atoms with Gasteiger partial charge in [-0.05, 0) is 55.2 Å². The fourth-order valence-electron chi connectivity index (χ4n) is 2.19. The van der Waals surface area contributed by atoms with E-state index in [9.17, 15) is 4.79 Å². The Bertz CT molecular complexity index is 653. The quantitative estimate of drug-likeness (QED) is 0.884. The number of urea groups is 1. The number of carbonyl (C=O) groups is 1. The van der Waals surface area contributed by atoms with Crippen molar-refractivity contribution in [1.82, 2.24) is 5.32 Å². The van der Waals surface area contributed by atoms with Crippen LogP contribution in [0.3, 0.4) is 0 Å². The highest BCUT2D eigenvalue weighted by molar-refractivity contribution is 5.90. The van der Waals surface area contributed by atoms with E-state index in [0.717, 1.165) is 34.5 Å². The highest BCUT2D eigenvalue weighted by Gasteiger charge is 2.04. The smallest absolute Gasteiger partial charge is 0.319 e. The van der Waals surface area contributed by atoms with E-state index < -0.39 is 0 Å². The Morgan fingerprint density at radius 2 is 1.95 bits per heavy atom. The zero-order valence-electron chi connectivity index (χ0n) is 13.3. The number of benzene rings is 2. The van der Waals surface area contributed by atoms with Crippen molar-refractivity contribution in [2.75, 3.05) is 19.0 Å². The van der Waals surface area contributed by atoms with Gasteiger partial charge in [0.15, 0.2) is 0 Å². The van der Waals surface area contributed by atoms with Gasteiger partial charge in [-0.25, -0.2) is 4.79 Å². The van der Waals surface area contributed by atoms with Gasteiger partial charge in [0, 0.05) is 12.2 Å². The van der Waals surface area contributed by atoms with Gasteiger partial charge in [0.2, 0.25) is 0 Å². The van der Waals surface area contributed by atoms with E-state index in [1.807, 2.05) is 56.3 Å². The normalized spacial score (nSPS) is 10.1. The molecule has 0 saturated carbocycles. The molecule has 0 radical (unpaired) electrons. The molecule has 0 unspecified atom stereocenters. The Morgan fingerprint density at radius 3 is 2.73 bits per heavy atom. The van der Waals surface area contributed by atoms with E-state index in [-0.39, 0.29) is 6.03 Å². The average Bonchev–Trinajstić information content (AvgIpc) is 2.51. The summed E-state index contributed by atoms with van der Waals surface area (Å²) in [6.45, 7) is 4.56.